The average Bonchev–Trinajstić information content (AvgIpc) is 3.27. The van der Waals surface area contributed by atoms with Crippen molar-refractivity contribution >= 4 is 66.6 Å². The van der Waals surface area contributed by atoms with Gasteiger partial charge >= 0.3 is 0 Å². The number of hydrogen-bond donors (Lipinski definition) is 1. The van der Waals surface area contributed by atoms with Crippen LogP contribution in [0.5, 0.6) is 0 Å². The lowest BCUT2D eigenvalue weighted by Crippen LogP contribution is -2.23. The predicted molar refractivity (Wildman–Crippen MR) is 119 cm³/mol. The normalized spacial score (nSPS) is 10.8. The molecule has 0 aliphatic rings. The molecule has 2 heterocycles. The second-order valence-electron chi connectivity index (χ2n) is 5.76. The fourth-order valence-electron chi connectivity index (χ4n) is 2.42. The van der Waals surface area contributed by atoms with Crippen molar-refractivity contribution in [2.75, 3.05) is 12.3 Å². The first kappa shape index (κ1) is 21.2. The summed E-state index contributed by atoms with van der Waals surface area (Å²) in [5.74, 6) is 0.959. The molecule has 146 valence electrons. The fourth-order valence-corrected chi connectivity index (χ4v) is 4.95. The summed E-state index contributed by atoms with van der Waals surface area (Å²) in [5.41, 5.74) is 0.903. The van der Waals surface area contributed by atoms with Crippen molar-refractivity contribution in [3.05, 3.63) is 55.4 Å². The SMILES string of the molecule is CC(=O)NCCc1nnc(SCC(=O)c2ccc(Br)s2)n1-c1ccc(Br)cc1. The number of nitrogens with one attached hydrogen (secondary N) is 1. The number of halogens is 2. The zero-order valence-corrected chi connectivity index (χ0v) is 19.6. The molecule has 2 aromatic heterocycles. The Kier molecular flexibility index (Phi) is 7.44. The third kappa shape index (κ3) is 5.53. The van der Waals surface area contributed by atoms with Gasteiger partial charge in [0.15, 0.2) is 10.9 Å². The van der Waals surface area contributed by atoms with Crippen molar-refractivity contribution < 1.29 is 9.59 Å². The highest BCUT2D eigenvalue weighted by Crippen LogP contribution is 2.27. The van der Waals surface area contributed by atoms with Gasteiger partial charge in [0.05, 0.1) is 14.4 Å². The summed E-state index contributed by atoms with van der Waals surface area (Å²) in [6.07, 6.45) is 0.537. The van der Waals surface area contributed by atoms with E-state index in [0.29, 0.717) is 23.0 Å². The monoisotopic (exact) mass is 542 g/mol. The molecule has 0 unspecified atom stereocenters. The lowest BCUT2D eigenvalue weighted by molar-refractivity contribution is -0.118. The Balaban J connectivity index is 1.81. The average molecular weight is 544 g/mol. The summed E-state index contributed by atoms with van der Waals surface area (Å²) >= 11 is 9.59. The van der Waals surface area contributed by atoms with Crippen LogP contribution >= 0.6 is 55.0 Å². The third-order valence-electron chi connectivity index (χ3n) is 3.69. The van der Waals surface area contributed by atoms with Crippen LogP contribution in [0, 0.1) is 0 Å². The van der Waals surface area contributed by atoms with Crippen LogP contribution in [0.15, 0.2) is 49.8 Å². The van der Waals surface area contributed by atoms with Gasteiger partial charge in [-0.1, -0.05) is 27.7 Å². The number of thiophene rings is 1. The number of aromatic nitrogens is 3. The molecule has 0 aliphatic heterocycles. The molecule has 0 saturated carbocycles. The van der Waals surface area contributed by atoms with Gasteiger partial charge in [0.1, 0.15) is 5.82 Å². The minimum absolute atomic E-state index is 0.0471. The largest absolute Gasteiger partial charge is 0.356 e. The van der Waals surface area contributed by atoms with E-state index in [1.165, 1.54) is 30.0 Å². The van der Waals surface area contributed by atoms with E-state index >= 15 is 0 Å². The van der Waals surface area contributed by atoms with Gasteiger partial charge in [-0.25, -0.2) is 0 Å². The zero-order valence-electron chi connectivity index (χ0n) is 14.8. The molecule has 0 saturated heterocycles. The van der Waals surface area contributed by atoms with E-state index in [9.17, 15) is 9.59 Å². The number of carbonyl (C=O) groups excluding carboxylic acids is 2. The number of rotatable bonds is 8. The van der Waals surface area contributed by atoms with E-state index in [1.807, 2.05) is 41.0 Å². The van der Waals surface area contributed by atoms with Crippen molar-refractivity contribution in [3.8, 4) is 5.69 Å². The van der Waals surface area contributed by atoms with Crippen LogP contribution in [0.25, 0.3) is 5.69 Å². The van der Waals surface area contributed by atoms with E-state index in [2.05, 4.69) is 47.4 Å². The Hall–Kier alpha value is -1.49. The number of carbonyl (C=O) groups is 2. The zero-order chi connectivity index (χ0) is 20.1. The predicted octanol–water partition coefficient (Wildman–Crippen LogP) is 4.51. The first-order valence-corrected chi connectivity index (χ1v) is 11.7. The summed E-state index contributed by atoms with van der Waals surface area (Å²) < 4.78 is 3.83. The van der Waals surface area contributed by atoms with E-state index in [4.69, 9.17) is 0 Å². The van der Waals surface area contributed by atoms with Crippen LogP contribution in [-0.2, 0) is 11.2 Å². The van der Waals surface area contributed by atoms with Gasteiger partial charge in [-0.3, -0.25) is 14.2 Å². The standard InChI is InChI=1S/C18H16Br2N4O2S2/c1-11(25)21-9-8-17-22-23-18(24(17)13-4-2-12(19)3-5-13)27-10-14(26)15-6-7-16(20)28-15/h2-7H,8-10H2,1H3,(H,21,25). The molecule has 0 fully saturated rings. The number of ketones is 1. The maximum atomic E-state index is 12.4. The molecule has 10 heteroatoms. The number of Topliss-reactive ketones (excluding diaryl/α,β-unsaturated/α-hetero) is 1. The van der Waals surface area contributed by atoms with Crippen LogP contribution in [-0.4, -0.2) is 38.8 Å². The summed E-state index contributed by atoms with van der Waals surface area (Å²) in [6, 6.07) is 11.5. The van der Waals surface area contributed by atoms with Crippen LogP contribution in [0.3, 0.4) is 0 Å². The Morgan fingerprint density at radius 3 is 2.54 bits per heavy atom. The highest BCUT2D eigenvalue weighted by atomic mass is 79.9. The smallest absolute Gasteiger partial charge is 0.216 e. The van der Waals surface area contributed by atoms with Gasteiger partial charge in [0.2, 0.25) is 5.91 Å². The van der Waals surface area contributed by atoms with Gasteiger partial charge in [0.25, 0.3) is 0 Å². The topological polar surface area (TPSA) is 76.9 Å². The van der Waals surface area contributed by atoms with Crippen LogP contribution in [0.4, 0.5) is 0 Å². The first-order chi connectivity index (χ1) is 13.4. The number of benzene rings is 1. The molecule has 28 heavy (non-hydrogen) atoms. The Bertz CT molecular complexity index is 986. The van der Waals surface area contributed by atoms with Gasteiger partial charge < -0.3 is 5.32 Å². The second-order valence-corrected chi connectivity index (χ2v) is 10.1. The Morgan fingerprint density at radius 2 is 1.89 bits per heavy atom. The van der Waals surface area contributed by atoms with E-state index in [-0.39, 0.29) is 17.4 Å². The molecule has 0 aliphatic carbocycles. The Labute approximate surface area is 187 Å². The highest BCUT2D eigenvalue weighted by molar-refractivity contribution is 9.11. The van der Waals surface area contributed by atoms with Gasteiger partial charge in [0, 0.05) is 30.0 Å². The molecule has 1 aromatic carbocycles. The molecule has 6 nitrogen and oxygen atoms in total. The van der Waals surface area contributed by atoms with Crippen molar-refractivity contribution in [2.45, 2.75) is 18.5 Å². The maximum absolute atomic E-state index is 12.4. The lowest BCUT2D eigenvalue weighted by Gasteiger charge is -2.10. The van der Waals surface area contributed by atoms with Gasteiger partial charge in [-0.2, -0.15) is 0 Å². The molecule has 3 aromatic rings. The molecule has 0 bridgehead atoms. The summed E-state index contributed by atoms with van der Waals surface area (Å²) in [7, 11) is 0. The minimum atomic E-state index is -0.0861. The molecule has 0 radical (unpaired) electrons. The Morgan fingerprint density at radius 1 is 1.14 bits per heavy atom. The highest BCUT2D eigenvalue weighted by Gasteiger charge is 2.17. The quantitative estimate of drug-likeness (QED) is 0.334. The molecule has 3 rings (SSSR count). The van der Waals surface area contributed by atoms with Crippen molar-refractivity contribution in [1.29, 1.82) is 0 Å². The summed E-state index contributed by atoms with van der Waals surface area (Å²) in [4.78, 5) is 24.3. The van der Waals surface area contributed by atoms with E-state index < -0.39 is 0 Å². The van der Waals surface area contributed by atoms with Crippen LogP contribution in [0.1, 0.15) is 22.4 Å². The number of nitrogens with zero attached hydrogens (tertiary/aromatic N) is 3. The van der Waals surface area contributed by atoms with Gasteiger partial charge in [-0.15, -0.1) is 21.5 Å². The second kappa shape index (κ2) is 9.82. The summed E-state index contributed by atoms with van der Waals surface area (Å²) in [6.45, 7) is 1.95. The van der Waals surface area contributed by atoms with Crippen molar-refractivity contribution in [3.63, 3.8) is 0 Å². The maximum Gasteiger partial charge on any atom is 0.216 e. The summed E-state index contributed by atoms with van der Waals surface area (Å²) in [5, 5.41) is 12.0. The molecule has 1 amide bonds. The van der Waals surface area contributed by atoms with Crippen LogP contribution < -0.4 is 5.32 Å². The van der Waals surface area contributed by atoms with Crippen LogP contribution in [0.2, 0.25) is 0 Å². The first-order valence-electron chi connectivity index (χ1n) is 8.30. The molecule has 0 spiro atoms. The van der Waals surface area contributed by atoms with E-state index in [1.54, 1.807) is 0 Å². The third-order valence-corrected chi connectivity index (χ3v) is 6.81. The molecule has 1 N–H and O–H groups in total. The number of hydrogen-bond acceptors (Lipinski definition) is 6. The fraction of sp³-hybridized carbons (Fsp3) is 0.222. The molecular weight excluding hydrogens is 528 g/mol. The van der Waals surface area contributed by atoms with E-state index in [0.717, 1.165) is 19.8 Å². The van der Waals surface area contributed by atoms with Gasteiger partial charge in [-0.05, 0) is 52.3 Å². The number of thioether (sulfide) groups is 1. The number of amides is 1. The lowest BCUT2D eigenvalue weighted by atomic mass is 10.3. The minimum Gasteiger partial charge on any atom is -0.356 e. The van der Waals surface area contributed by atoms with Crippen molar-refractivity contribution in [1.82, 2.24) is 20.1 Å². The molecule has 0 atom stereocenters. The molecular formula is C18H16Br2N4O2S2. The van der Waals surface area contributed by atoms with Crippen molar-refractivity contribution in [2.24, 2.45) is 0 Å².